The normalized spacial score (nSPS) is 35.3. The van der Waals surface area contributed by atoms with Gasteiger partial charge in [-0.15, -0.1) is 0 Å². The van der Waals surface area contributed by atoms with Crippen LogP contribution in [0.4, 0.5) is 0 Å². The molecule has 0 amide bonds. The van der Waals surface area contributed by atoms with E-state index in [1.165, 1.54) is 12.8 Å². The van der Waals surface area contributed by atoms with Gasteiger partial charge < -0.3 is 10.2 Å². The summed E-state index contributed by atoms with van der Waals surface area (Å²) in [6.07, 6.45) is 2.60. The fraction of sp³-hybridized carbons (Fsp3) is 0.917. The summed E-state index contributed by atoms with van der Waals surface area (Å²) < 4.78 is 0. The molecule has 15 heavy (non-hydrogen) atoms. The molecule has 0 bridgehead atoms. The Balaban J connectivity index is 0.000000423. The van der Waals surface area contributed by atoms with Crippen molar-refractivity contribution in [2.24, 2.45) is 23.7 Å². The van der Waals surface area contributed by atoms with Crippen LogP contribution in [0.15, 0.2) is 0 Å². The maximum absolute atomic E-state index is 9.12. The molecule has 3 nitrogen and oxygen atoms in total. The summed E-state index contributed by atoms with van der Waals surface area (Å²) in [5, 5.41) is 16.5. The Labute approximate surface area is 92.5 Å². The van der Waals surface area contributed by atoms with E-state index in [0.717, 1.165) is 24.7 Å². The number of rotatable bonds is 1. The van der Waals surface area contributed by atoms with E-state index >= 15 is 0 Å². The zero-order valence-corrected chi connectivity index (χ0v) is 10.2. The summed E-state index contributed by atoms with van der Waals surface area (Å²) in [6, 6.07) is 0. The molecule has 0 aromatic rings. The van der Waals surface area contributed by atoms with Gasteiger partial charge in [-0.3, -0.25) is 4.79 Å². The highest BCUT2D eigenvalue weighted by atomic mass is 16.4. The van der Waals surface area contributed by atoms with E-state index in [1.54, 1.807) is 0 Å². The molecule has 1 saturated carbocycles. The fourth-order valence-corrected chi connectivity index (χ4v) is 2.64. The number of carbonyl (C=O) groups is 1. The second-order valence-electron chi connectivity index (χ2n) is 4.90. The third kappa shape index (κ3) is 5.78. The molecule has 0 aliphatic heterocycles. The molecule has 0 saturated heterocycles. The molecule has 1 rings (SSSR count). The highest BCUT2D eigenvalue weighted by Crippen LogP contribution is 2.37. The van der Waals surface area contributed by atoms with E-state index in [0.29, 0.717) is 12.5 Å². The van der Waals surface area contributed by atoms with Crippen molar-refractivity contribution in [3.05, 3.63) is 0 Å². The third-order valence-electron chi connectivity index (χ3n) is 3.22. The first-order chi connectivity index (χ1) is 6.88. The van der Waals surface area contributed by atoms with Crippen molar-refractivity contribution in [1.29, 1.82) is 0 Å². The lowest BCUT2D eigenvalue weighted by atomic mass is 9.70. The second kappa shape index (κ2) is 6.83. The van der Waals surface area contributed by atoms with E-state index in [-0.39, 0.29) is 0 Å². The topological polar surface area (TPSA) is 57.5 Å². The van der Waals surface area contributed by atoms with E-state index < -0.39 is 5.97 Å². The van der Waals surface area contributed by atoms with Crippen LogP contribution in [0.25, 0.3) is 0 Å². The van der Waals surface area contributed by atoms with Gasteiger partial charge in [-0.2, -0.15) is 0 Å². The number of hydrogen-bond donors (Lipinski definition) is 2. The lowest BCUT2D eigenvalue weighted by molar-refractivity contribution is -0.134. The smallest absolute Gasteiger partial charge is 0.300 e. The van der Waals surface area contributed by atoms with Gasteiger partial charge in [0, 0.05) is 13.5 Å². The van der Waals surface area contributed by atoms with Crippen molar-refractivity contribution in [1.82, 2.24) is 0 Å². The molecular formula is C12H24O3. The van der Waals surface area contributed by atoms with Crippen molar-refractivity contribution in [2.45, 2.75) is 40.5 Å². The number of hydrogen-bond acceptors (Lipinski definition) is 2. The van der Waals surface area contributed by atoms with Crippen LogP contribution in [-0.4, -0.2) is 22.8 Å². The molecule has 0 spiro atoms. The van der Waals surface area contributed by atoms with Crippen molar-refractivity contribution in [2.75, 3.05) is 6.61 Å². The predicted octanol–water partition coefficient (Wildman–Crippen LogP) is 2.39. The summed E-state index contributed by atoms with van der Waals surface area (Å²) in [6.45, 7) is 8.33. The van der Waals surface area contributed by atoms with Crippen LogP contribution < -0.4 is 0 Å². The van der Waals surface area contributed by atoms with Crippen LogP contribution in [0.5, 0.6) is 0 Å². The molecule has 2 unspecified atom stereocenters. The van der Waals surface area contributed by atoms with Crippen LogP contribution in [0, 0.1) is 23.7 Å². The lowest BCUT2D eigenvalue weighted by Crippen LogP contribution is -2.31. The van der Waals surface area contributed by atoms with Gasteiger partial charge in [0.25, 0.3) is 5.97 Å². The number of aliphatic carboxylic acids is 1. The Bertz CT molecular complexity index is 175. The number of aliphatic hydroxyl groups excluding tert-OH is 1. The monoisotopic (exact) mass is 216 g/mol. The minimum Gasteiger partial charge on any atom is -0.481 e. The first kappa shape index (κ1) is 14.4. The maximum Gasteiger partial charge on any atom is 0.300 e. The molecule has 0 heterocycles. The molecule has 1 aliphatic rings. The predicted molar refractivity (Wildman–Crippen MR) is 60.6 cm³/mol. The molecule has 0 aromatic heterocycles. The van der Waals surface area contributed by atoms with Crippen LogP contribution >= 0.6 is 0 Å². The zero-order chi connectivity index (χ0) is 12.0. The highest BCUT2D eigenvalue weighted by molar-refractivity contribution is 5.62. The van der Waals surface area contributed by atoms with Crippen LogP contribution in [0.3, 0.4) is 0 Å². The van der Waals surface area contributed by atoms with Crippen LogP contribution in [0.2, 0.25) is 0 Å². The molecule has 1 aliphatic carbocycles. The molecule has 2 atom stereocenters. The zero-order valence-electron chi connectivity index (χ0n) is 10.2. The third-order valence-corrected chi connectivity index (χ3v) is 3.22. The Morgan fingerprint density at radius 1 is 1.20 bits per heavy atom. The summed E-state index contributed by atoms with van der Waals surface area (Å²) in [7, 11) is 0. The van der Waals surface area contributed by atoms with Crippen LogP contribution in [0.1, 0.15) is 40.5 Å². The standard InChI is InChI=1S/C10H20O.C2H4O2/c1-7-4-8(2)10(6-11)9(3)5-7;1-2(3)4/h7-11H,4-6H2,1-3H3;1H3,(H,3,4). The molecule has 3 heteroatoms. The van der Waals surface area contributed by atoms with E-state index in [4.69, 9.17) is 15.0 Å². The van der Waals surface area contributed by atoms with E-state index in [9.17, 15) is 0 Å². The van der Waals surface area contributed by atoms with Gasteiger partial charge in [0.1, 0.15) is 0 Å². The van der Waals surface area contributed by atoms with Crippen molar-refractivity contribution in [3.8, 4) is 0 Å². The first-order valence-electron chi connectivity index (χ1n) is 5.68. The Kier molecular flexibility index (Phi) is 6.57. The van der Waals surface area contributed by atoms with Crippen molar-refractivity contribution < 1.29 is 15.0 Å². The minimum atomic E-state index is -0.833. The van der Waals surface area contributed by atoms with Gasteiger partial charge in [0.05, 0.1) is 0 Å². The Hall–Kier alpha value is -0.570. The van der Waals surface area contributed by atoms with Gasteiger partial charge in [0.15, 0.2) is 0 Å². The molecule has 1 fully saturated rings. The maximum atomic E-state index is 9.12. The van der Waals surface area contributed by atoms with Gasteiger partial charge in [-0.1, -0.05) is 20.8 Å². The molecule has 2 N–H and O–H groups in total. The number of aliphatic hydroxyl groups is 1. The Morgan fingerprint density at radius 2 is 1.53 bits per heavy atom. The minimum absolute atomic E-state index is 0.384. The quantitative estimate of drug-likeness (QED) is 0.707. The number of carboxylic acids is 1. The van der Waals surface area contributed by atoms with E-state index in [1.807, 2.05) is 0 Å². The molecule has 0 radical (unpaired) electrons. The second-order valence-corrected chi connectivity index (χ2v) is 4.90. The summed E-state index contributed by atoms with van der Waals surface area (Å²) >= 11 is 0. The summed E-state index contributed by atoms with van der Waals surface area (Å²) in [5.41, 5.74) is 0. The SMILES string of the molecule is CC(=O)O.CC1CC(C)C(CO)C(C)C1. The van der Waals surface area contributed by atoms with Crippen molar-refractivity contribution in [3.63, 3.8) is 0 Å². The van der Waals surface area contributed by atoms with Gasteiger partial charge in [0.2, 0.25) is 0 Å². The summed E-state index contributed by atoms with van der Waals surface area (Å²) in [5.74, 6) is 2.03. The van der Waals surface area contributed by atoms with Gasteiger partial charge in [-0.25, -0.2) is 0 Å². The number of carboxylic acid groups (broad SMARTS) is 1. The van der Waals surface area contributed by atoms with Crippen molar-refractivity contribution >= 4 is 5.97 Å². The highest BCUT2D eigenvalue weighted by Gasteiger charge is 2.30. The largest absolute Gasteiger partial charge is 0.481 e. The summed E-state index contributed by atoms with van der Waals surface area (Å²) in [4.78, 5) is 9.00. The average Bonchev–Trinajstić information content (AvgIpc) is 2.01. The lowest BCUT2D eigenvalue weighted by Gasteiger charge is -2.36. The Morgan fingerprint density at radius 3 is 1.80 bits per heavy atom. The molecular weight excluding hydrogens is 192 g/mol. The van der Waals surface area contributed by atoms with E-state index in [2.05, 4.69) is 20.8 Å². The molecule has 0 aromatic carbocycles. The first-order valence-corrected chi connectivity index (χ1v) is 5.68. The average molecular weight is 216 g/mol. The van der Waals surface area contributed by atoms with Gasteiger partial charge >= 0.3 is 0 Å². The van der Waals surface area contributed by atoms with Gasteiger partial charge in [-0.05, 0) is 36.5 Å². The van der Waals surface area contributed by atoms with Crippen LogP contribution in [-0.2, 0) is 4.79 Å². The molecule has 90 valence electrons. The fourth-order valence-electron chi connectivity index (χ4n) is 2.64.